The number of likely N-dealkylation sites (tertiary alicyclic amines) is 1. The predicted molar refractivity (Wildman–Crippen MR) is 101 cm³/mol. The van der Waals surface area contributed by atoms with Crippen molar-refractivity contribution in [3.05, 3.63) is 41.9 Å². The van der Waals surface area contributed by atoms with Crippen LogP contribution in [0.15, 0.2) is 29.2 Å². The molecule has 4 heterocycles. The lowest BCUT2D eigenvalue weighted by molar-refractivity contribution is -0.134. The molecule has 0 spiro atoms. The molecule has 152 valence electrons. The number of piperidine rings is 1. The third-order valence-corrected chi connectivity index (χ3v) is 4.88. The van der Waals surface area contributed by atoms with E-state index in [4.69, 9.17) is 9.26 Å². The van der Waals surface area contributed by atoms with E-state index >= 15 is 0 Å². The fourth-order valence-electron chi connectivity index (χ4n) is 3.35. The summed E-state index contributed by atoms with van der Waals surface area (Å²) < 4.78 is 12.9. The summed E-state index contributed by atoms with van der Waals surface area (Å²) in [4.78, 5) is 26.8. The lowest BCUT2D eigenvalue weighted by Crippen LogP contribution is -2.42. The zero-order valence-corrected chi connectivity index (χ0v) is 16.5. The first-order chi connectivity index (χ1) is 14.1. The van der Waals surface area contributed by atoms with E-state index in [0.29, 0.717) is 30.5 Å². The zero-order chi connectivity index (χ0) is 20.2. The van der Waals surface area contributed by atoms with Crippen LogP contribution in [-0.4, -0.2) is 59.9 Å². The van der Waals surface area contributed by atoms with Gasteiger partial charge in [0, 0.05) is 31.2 Å². The third-order valence-electron chi connectivity index (χ3n) is 4.88. The Morgan fingerprint density at radius 3 is 2.79 bits per heavy atom. The van der Waals surface area contributed by atoms with Gasteiger partial charge in [-0.25, -0.2) is 4.98 Å². The van der Waals surface area contributed by atoms with Gasteiger partial charge in [-0.2, -0.15) is 10.1 Å². The van der Waals surface area contributed by atoms with Crippen LogP contribution in [0.5, 0.6) is 0 Å². The number of carbonyl (C=O) groups excluding carboxylic acids is 1. The number of aryl methyl sites for hydroxylation is 2. The second kappa shape index (κ2) is 8.48. The Morgan fingerprint density at radius 1 is 1.28 bits per heavy atom. The molecule has 0 aliphatic carbocycles. The average molecular weight is 397 g/mol. The van der Waals surface area contributed by atoms with Crippen LogP contribution < -0.4 is 0 Å². The summed E-state index contributed by atoms with van der Waals surface area (Å²) in [6, 6.07) is 1.97. The molecular formula is C19H23N7O3. The van der Waals surface area contributed by atoms with Crippen molar-refractivity contribution in [3.63, 3.8) is 0 Å². The summed E-state index contributed by atoms with van der Waals surface area (Å²) in [6.45, 7) is 5.75. The first kappa shape index (κ1) is 19.2. The second-order valence-electron chi connectivity index (χ2n) is 7.08. The number of aromatic nitrogens is 6. The number of hydrogen-bond acceptors (Lipinski definition) is 8. The van der Waals surface area contributed by atoms with Gasteiger partial charge in [0.05, 0.1) is 18.0 Å². The number of hydrogen-bond donors (Lipinski definition) is 0. The highest BCUT2D eigenvalue weighted by molar-refractivity contribution is 5.76. The molecule has 0 aromatic carbocycles. The Balaban J connectivity index is 1.23. The first-order valence-corrected chi connectivity index (χ1v) is 9.58. The number of ether oxygens (including phenoxy) is 1. The third kappa shape index (κ3) is 4.65. The standard InChI is InChI=1S/C19H23N7O3/c1-13-9-14(2)26(23-13)11-18(27)25-7-3-15(4-8-25)28-12-17-22-19(29-24-17)16-10-20-5-6-21-16/h5-6,9-10,15H,3-4,7-8,11-12H2,1-2H3. The highest BCUT2D eigenvalue weighted by Gasteiger charge is 2.24. The van der Waals surface area contributed by atoms with E-state index in [1.165, 1.54) is 0 Å². The minimum Gasteiger partial charge on any atom is -0.370 e. The summed E-state index contributed by atoms with van der Waals surface area (Å²) in [5.74, 6) is 0.872. The summed E-state index contributed by atoms with van der Waals surface area (Å²) in [7, 11) is 0. The zero-order valence-electron chi connectivity index (χ0n) is 16.5. The topological polar surface area (TPSA) is 112 Å². The highest BCUT2D eigenvalue weighted by atomic mass is 16.5. The Kier molecular flexibility index (Phi) is 5.61. The fraction of sp³-hybridized carbons (Fsp3) is 0.474. The van der Waals surface area contributed by atoms with Crippen LogP contribution in [0, 0.1) is 13.8 Å². The van der Waals surface area contributed by atoms with E-state index in [1.54, 1.807) is 23.3 Å². The van der Waals surface area contributed by atoms with E-state index in [2.05, 4.69) is 25.2 Å². The Labute approximate surface area is 167 Å². The second-order valence-corrected chi connectivity index (χ2v) is 7.08. The largest absolute Gasteiger partial charge is 0.370 e. The van der Waals surface area contributed by atoms with Gasteiger partial charge in [-0.3, -0.25) is 14.5 Å². The van der Waals surface area contributed by atoms with Crippen molar-refractivity contribution in [1.82, 2.24) is 34.8 Å². The van der Waals surface area contributed by atoms with E-state index < -0.39 is 0 Å². The minimum atomic E-state index is 0.0613. The van der Waals surface area contributed by atoms with Gasteiger partial charge in [0.1, 0.15) is 18.8 Å². The molecule has 10 nitrogen and oxygen atoms in total. The summed E-state index contributed by atoms with van der Waals surface area (Å²) in [5.41, 5.74) is 2.45. The lowest BCUT2D eigenvalue weighted by atomic mass is 10.1. The number of rotatable bonds is 6. The molecule has 10 heteroatoms. The van der Waals surface area contributed by atoms with E-state index in [-0.39, 0.29) is 25.2 Å². The van der Waals surface area contributed by atoms with Gasteiger partial charge in [0.2, 0.25) is 5.91 Å². The maximum atomic E-state index is 12.5. The molecule has 0 atom stereocenters. The predicted octanol–water partition coefficient (Wildman–Crippen LogP) is 1.55. The van der Waals surface area contributed by atoms with Crippen LogP contribution in [0.25, 0.3) is 11.6 Å². The molecule has 0 N–H and O–H groups in total. The van der Waals surface area contributed by atoms with Crippen LogP contribution in [-0.2, 0) is 22.7 Å². The molecule has 3 aromatic rings. The lowest BCUT2D eigenvalue weighted by Gasteiger charge is -2.31. The summed E-state index contributed by atoms with van der Waals surface area (Å²) >= 11 is 0. The van der Waals surface area contributed by atoms with Crippen LogP contribution in [0.3, 0.4) is 0 Å². The molecule has 0 bridgehead atoms. The van der Waals surface area contributed by atoms with E-state index in [1.807, 2.05) is 24.8 Å². The first-order valence-electron chi connectivity index (χ1n) is 9.58. The van der Waals surface area contributed by atoms with Gasteiger partial charge in [0.15, 0.2) is 5.82 Å². The van der Waals surface area contributed by atoms with Crippen molar-refractivity contribution in [2.24, 2.45) is 0 Å². The van der Waals surface area contributed by atoms with Crippen molar-refractivity contribution in [2.75, 3.05) is 13.1 Å². The van der Waals surface area contributed by atoms with Crippen LogP contribution in [0.4, 0.5) is 0 Å². The minimum absolute atomic E-state index is 0.0613. The van der Waals surface area contributed by atoms with Gasteiger partial charge in [-0.05, 0) is 32.8 Å². The molecule has 0 unspecified atom stereocenters. The molecular weight excluding hydrogens is 374 g/mol. The van der Waals surface area contributed by atoms with E-state index in [0.717, 1.165) is 24.2 Å². The maximum absolute atomic E-state index is 12.5. The monoisotopic (exact) mass is 397 g/mol. The summed E-state index contributed by atoms with van der Waals surface area (Å²) in [6.07, 6.45) is 6.33. The molecule has 0 radical (unpaired) electrons. The van der Waals surface area contributed by atoms with Crippen LogP contribution in [0.2, 0.25) is 0 Å². The Morgan fingerprint density at radius 2 is 2.10 bits per heavy atom. The van der Waals surface area contributed by atoms with Crippen molar-refractivity contribution in [1.29, 1.82) is 0 Å². The number of carbonyl (C=O) groups is 1. The SMILES string of the molecule is Cc1cc(C)n(CC(=O)N2CCC(OCc3noc(-c4cnccn4)n3)CC2)n1. The molecule has 1 saturated heterocycles. The molecule has 29 heavy (non-hydrogen) atoms. The number of nitrogens with zero attached hydrogens (tertiary/aromatic N) is 7. The van der Waals surface area contributed by atoms with Crippen molar-refractivity contribution in [2.45, 2.75) is 45.9 Å². The van der Waals surface area contributed by atoms with E-state index in [9.17, 15) is 4.79 Å². The average Bonchev–Trinajstić information content (AvgIpc) is 3.33. The van der Waals surface area contributed by atoms with Gasteiger partial charge in [0.25, 0.3) is 5.89 Å². The maximum Gasteiger partial charge on any atom is 0.278 e. The molecule has 1 aliphatic heterocycles. The fourth-order valence-corrected chi connectivity index (χ4v) is 3.35. The van der Waals surface area contributed by atoms with Crippen LogP contribution in [0.1, 0.15) is 30.1 Å². The highest BCUT2D eigenvalue weighted by Crippen LogP contribution is 2.17. The summed E-state index contributed by atoms with van der Waals surface area (Å²) in [5, 5.41) is 8.28. The molecule has 1 amide bonds. The quantitative estimate of drug-likeness (QED) is 0.616. The van der Waals surface area contributed by atoms with Gasteiger partial charge < -0.3 is 14.2 Å². The molecule has 4 rings (SSSR count). The molecule has 3 aromatic heterocycles. The van der Waals surface area contributed by atoms with Gasteiger partial charge in [-0.1, -0.05) is 5.16 Å². The number of amides is 1. The Bertz CT molecular complexity index is 961. The molecule has 1 aliphatic rings. The Hall–Kier alpha value is -3.14. The van der Waals surface area contributed by atoms with Crippen molar-refractivity contribution < 1.29 is 14.1 Å². The smallest absolute Gasteiger partial charge is 0.278 e. The molecule has 1 fully saturated rings. The van der Waals surface area contributed by atoms with Crippen molar-refractivity contribution >= 4 is 5.91 Å². The normalized spacial score (nSPS) is 15.0. The molecule has 0 saturated carbocycles. The van der Waals surface area contributed by atoms with Gasteiger partial charge in [-0.15, -0.1) is 0 Å². The van der Waals surface area contributed by atoms with Gasteiger partial charge >= 0.3 is 0 Å². The van der Waals surface area contributed by atoms with Crippen molar-refractivity contribution in [3.8, 4) is 11.6 Å². The van der Waals surface area contributed by atoms with Crippen LogP contribution >= 0.6 is 0 Å².